The highest BCUT2D eigenvalue weighted by Gasteiger charge is 2.08. The number of amides is 1. The number of carboxylic acids is 1. The largest absolute Gasteiger partial charge is 0.481 e. The molecular formula is C16H17N3O5S. The Morgan fingerprint density at radius 1 is 1.24 bits per heavy atom. The van der Waals surface area contributed by atoms with Gasteiger partial charge in [-0.2, -0.15) is 0 Å². The number of aromatic nitrogens is 2. The van der Waals surface area contributed by atoms with Crippen LogP contribution in [-0.4, -0.2) is 31.9 Å². The summed E-state index contributed by atoms with van der Waals surface area (Å²) in [6, 6.07) is 8.25. The lowest BCUT2D eigenvalue weighted by Crippen LogP contribution is -2.38. The van der Waals surface area contributed by atoms with Gasteiger partial charge >= 0.3 is 11.7 Å². The van der Waals surface area contributed by atoms with Crippen molar-refractivity contribution in [1.82, 2.24) is 9.13 Å². The maximum Gasteiger partial charge on any atom is 0.331 e. The van der Waals surface area contributed by atoms with Gasteiger partial charge in [-0.25, -0.2) is 4.79 Å². The summed E-state index contributed by atoms with van der Waals surface area (Å²) in [5.74, 6) is -0.768. The summed E-state index contributed by atoms with van der Waals surface area (Å²) < 4.78 is 2.07. The Morgan fingerprint density at radius 3 is 2.72 bits per heavy atom. The Kier molecular flexibility index (Phi) is 6.18. The quantitative estimate of drug-likeness (QED) is 0.741. The van der Waals surface area contributed by atoms with Gasteiger partial charge in [0.15, 0.2) is 0 Å². The zero-order chi connectivity index (χ0) is 18.4. The van der Waals surface area contributed by atoms with Crippen molar-refractivity contribution in [3.05, 3.63) is 62.9 Å². The van der Waals surface area contributed by atoms with Crippen LogP contribution in [-0.2, 0) is 28.9 Å². The molecule has 0 aliphatic carbocycles. The highest BCUT2D eigenvalue weighted by molar-refractivity contribution is 7.99. The Morgan fingerprint density at radius 2 is 2.00 bits per heavy atom. The van der Waals surface area contributed by atoms with Gasteiger partial charge in [-0.3, -0.25) is 23.5 Å². The SMILES string of the molecule is Cn1c(=O)ccn(CC(=O)Nc2cccc(CSCC(=O)O)c2)c1=O. The summed E-state index contributed by atoms with van der Waals surface area (Å²) in [7, 11) is 1.34. The third-order valence-corrected chi connectivity index (χ3v) is 4.27. The maximum absolute atomic E-state index is 12.1. The van der Waals surface area contributed by atoms with E-state index in [9.17, 15) is 19.2 Å². The smallest absolute Gasteiger partial charge is 0.331 e. The standard InChI is InChI=1S/C16H17N3O5S/c1-18-14(21)5-6-19(16(18)24)8-13(20)17-12-4-2-3-11(7-12)9-25-10-15(22)23/h2-7H,8-10H2,1H3,(H,17,20)(H,22,23). The van der Waals surface area contributed by atoms with Crippen LogP contribution in [0.3, 0.4) is 0 Å². The second kappa shape index (κ2) is 8.34. The van der Waals surface area contributed by atoms with Crippen LogP contribution >= 0.6 is 11.8 Å². The van der Waals surface area contributed by atoms with Crippen molar-refractivity contribution in [1.29, 1.82) is 0 Å². The van der Waals surface area contributed by atoms with E-state index in [2.05, 4.69) is 5.32 Å². The lowest BCUT2D eigenvalue weighted by Gasteiger charge is -2.09. The van der Waals surface area contributed by atoms with Gasteiger partial charge in [-0.05, 0) is 17.7 Å². The van der Waals surface area contributed by atoms with Gasteiger partial charge in [0.1, 0.15) is 6.54 Å². The molecule has 132 valence electrons. The number of benzene rings is 1. The van der Waals surface area contributed by atoms with Crippen molar-refractivity contribution < 1.29 is 14.7 Å². The predicted molar refractivity (Wildman–Crippen MR) is 94.8 cm³/mol. The number of carbonyl (C=O) groups is 2. The molecule has 1 aromatic heterocycles. The fourth-order valence-electron chi connectivity index (χ4n) is 2.09. The van der Waals surface area contributed by atoms with E-state index in [4.69, 9.17) is 5.11 Å². The normalized spacial score (nSPS) is 10.4. The number of rotatable bonds is 7. The molecule has 1 amide bonds. The maximum atomic E-state index is 12.1. The van der Waals surface area contributed by atoms with Crippen LogP contribution in [0.1, 0.15) is 5.56 Å². The van der Waals surface area contributed by atoms with Gasteiger partial charge in [0.25, 0.3) is 5.56 Å². The molecule has 0 radical (unpaired) electrons. The van der Waals surface area contributed by atoms with E-state index < -0.39 is 23.1 Å². The van der Waals surface area contributed by atoms with Gasteiger partial charge in [0.05, 0.1) is 5.75 Å². The minimum atomic E-state index is -0.878. The molecule has 0 fully saturated rings. The lowest BCUT2D eigenvalue weighted by atomic mass is 10.2. The summed E-state index contributed by atoms with van der Waals surface area (Å²) in [5, 5.41) is 11.3. The minimum Gasteiger partial charge on any atom is -0.481 e. The number of nitrogens with one attached hydrogen (secondary N) is 1. The number of anilines is 1. The first-order valence-corrected chi connectivity index (χ1v) is 8.47. The van der Waals surface area contributed by atoms with Crippen molar-refractivity contribution in [2.45, 2.75) is 12.3 Å². The molecule has 1 aromatic carbocycles. The molecule has 0 saturated heterocycles. The predicted octanol–water partition coefficient (Wildman–Crippen LogP) is 0.503. The molecule has 0 bridgehead atoms. The molecule has 25 heavy (non-hydrogen) atoms. The van der Waals surface area contributed by atoms with Crippen LogP contribution in [0.5, 0.6) is 0 Å². The Bertz CT molecular complexity index is 903. The van der Waals surface area contributed by atoms with E-state index in [0.29, 0.717) is 11.4 Å². The zero-order valence-corrected chi connectivity index (χ0v) is 14.3. The van der Waals surface area contributed by atoms with Crippen molar-refractivity contribution in [3.63, 3.8) is 0 Å². The number of nitrogens with zero attached hydrogens (tertiary/aromatic N) is 2. The third-order valence-electron chi connectivity index (χ3n) is 3.28. The van der Waals surface area contributed by atoms with Gasteiger partial charge in [-0.1, -0.05) is 12.1 Å². The summed E-state index contributed by atoms with van der Waals surface area (Å²) >= 11 is 1.26. The molecule has 2 rings (SSSR count). The minimum absolute atomic E-state index is 0.00618. The fraction of sp³-hybridized carbons (Fsp3) is 0.250. The van der Waals surface area contributed by atoms with Crippen molar-refractivity contribution in [3.8, 4) is 0 Å². The van der Waals surface area contributed by atoms with Gasteiger partial charge in [0, 0.05) is 30.8 Å². The molecule has 8 nitrogen and oxygen atoms in total. The van der Waals surface area contributed by atoms with Crippen LogP contribution < -0.4 is 16.6 Å². The zero-order valence-electron chi connectivity index (χ0n) is 13.5. The molecule has 0 unspecified atom stereocenters. The molecule has 2 aromatic rings. The molecule has 0 aliphatic heterocycles. The second-order valence-electron chi connectivity index (χ2n) is 5.26. The number of hydrogen-bond acceptors (Lipinski definition) is 5. The van der Waals surface area contributed by atoms with Crippen LogP contribution in [0.15, 0.2) is 46.1 Å². The van der Waals surface area contributed by atoms with Crippen LogP contribution in [0, 0.1) is 0 Å². The van der Waals surface area contributed by atoms with Crippen molar-refractivity contribution in [2.24, 2.45) is 7.05 Å². The van der Waals surface area contributed by atoms with Crippen LogP contribution in [0.2, 0.25) is 0 Å². The molecule has 2 N–H and O–H groups in total. The monoisotopic (exact) mass is 363 g/mol. The number of aliphatic carboxylic acids is 1. The molecular weight excluding hydrogens is 346 g/mol. The topological polar surface area (TPSA) is 110 Å². The van der Waals surface area contributed by atoms with Crippen molar-refractivity contribution in [2.75, 3.05) is 11.1 Å². The summed E-state index contributed by atoms with van der Waals surface area (Å²) in [6.45, 7) is -0.217. The number of thioether (sulfide) groups is 1. The highest BCUT2D eigenvalue weighted by Crippen LogP contribution is 2.16. The second-order valence-corrected chi connectivity index (χ2v) is 6.24. The van der Waals surface area contributed by atoms with E-state index in [1.807, 2.05) is 6.07 Å². The van der Waals surface area contributed by atoms with Gasteiger partial charge in [0.2, 0.25) is 5.91 Å². The average molecular weight is 363 g/mol. The average Bonchev–Trinajstić information content (AvgIpc) is 2.55. The first kappa shape index (κ1) is 18.5. The molecule has 0 aliphatic rings. The molecule has 1 heterocycles. The van der Waals surface area contributed by atoms with E-state index in [-0.39, 0.29) is 12.3 Å². The Balaban J connectivity index is 2.01. The molecule has 9 heteroatoms. The van der Waals surface area contributed by atoms with E-state index >= 15 is 0 Å². The Hall–Kier alpha value is -2.81. The summed E-state index contributed by atoms with van der Waals surface area (Å²) in [6.07, 6.45) is 1.28. The number of hydrogen-bond donors (Lipinski definition) is 2. The van der Waals surface area contributed by atoms with Crippen molar-refractivity contribution >= 4 is 29.3 Å². The summed E-state index contributed by atoms with van der Waals surface area (Å²) in [4.78, 5) is 45.9. The van der Waals surface area contributed by atoms with Crippen LogP contribution in [0.4, 0.5) is 5.69 Å². The third kappa shape index (κ3) is 5.35. The lowest BCUT2D eigenvalue weighted by molar-refractivity contribution is -0.133. The highest BCUT2D eigenvalue weighted by atomic mass is 32.2. The van der Waals surface area contributed by atoms with Gasteiger partial charge in [-0.15, -0.1) is 11.8 Å². The number of carboxylic acid groups (broad SMARTS) is 1. The van der Waals surface area contributed by atoms with E-state index in [0.717, 1.165) is 14.7 Å². The Labute approximate surface area is 147 Å². The van der Waals surface area contributed by atoms with E-state index in [1.165, 1.54) is 31.1 Å². The van der Waals surface area contributed by atoms with Gasteiger partial charge < -0.3 is 10.4 Å². The number of carbonyl (C=O) groups excluding carboxylic acids is 1. The van der Waals surface area contributed by atoms with Crippen LogP contribution in [0.25, 0.3) is 0 Å². The first-order valence-electron chi connectivity index (χ1n) is 7.31. The molecule has 0 spiro atoms. The fourth-order valence-corrected chi connectivity index (χ4v) is 2.78. The molecule has 0 atom stereocenters. The molecule has 0 saturated carbocycles. The first-order chi connectivity index (χ1) is 11.9. The van der Waals surface area contributed by atoms with E-state index in [1.54, 1.807) is 18.2 Å². The summed E-state index contributed by atoms with van der Waals surface area (Å²) in [5.41, 5.74) is 0.425.